The van der Waals surface area contributed by atoms with Gasteiger partial charge in [0.05, 0.1) is 29.4 Å². The highest BCUT2D eigenvalue weighted by molar-refractivity contribution is 6.00. The Morgan fingerprint density at radius 3 is 2.53 bits per heavy atom. The molecule has 4 heterocycles. The van der Waals surface area contributed by atoms with E-state index in [0.29, 0.717) is 25.8 Å². The molecule has 3 aliphatic rings. The third kappa shape index (κ3) is 10.4. The highest BCUT2D eigenvalue weighted by Crippen LogP contribution is 2.43. The van der Waals surface area contributed by atoms with Crippen molar-refractivity contribution in [3.63, 3.8) is 0 Å². The second kappa shape index (κ2) is 19.8. The van der Waals surface area contributed by atoms with Crippen LogP contribution in [0.4, 0.5) is 4.79 Å². The van der Waals surface area contributed by atoms with Gasteiger partial charge in [-0.15, -0.1) is 0 Å². The van der Waals surface area contributed by atoms with Gasteiger partial charge in [-0.1, -0.05) is 63.6 Å². The smallest absolute Gasteiger partial charge is 0.408 e. The highest BCUT2D eigenvalue weighted by Gasteiger charge is 2.56. The number of aliphatic hydroxyl groups is 1. The standard InChI is InChI=1S/C46H68N4O9/c1-12-37-46(8)40(49-44(54)59-46)29(4)34(20-23-47-21-14-13-16-32-18-19-35-33(25-32)17-15-22-48-35)27(2)26-45(7,55-11)41(30(5)38(51)31(6)42(53)57-37)58-43-39(52)36(50(9)10)24-28(3)56-43/h13,15-20,22,25,27-31,36-37,39-41,43,47,52H,12,14,21,23-24,26H2,1-11H3,(H,49,54)/b16-13+,34-20+/t27-,28-,29+,30+,31-,36+,37-,39-,40+,41-,43?,45-,46-/m1/s1. The van der Waals surface area contributed by atoms with Crippen molar-refractivity contribution < 1.29 is 43.2 Å². The van der Waals surface area contributed by atoms with Crippen LogP contribution in [0.25, 0.3) is 17.0 Å². The van der Waals surface area contributed by atoms with E-state index >= 15 is 0 Å². The summed E-state index contributed by atoms with van der Waals surface area (Å²) in [5.74, 6) is -3.58. The van der Waals surface area contributed by atoms with Gasteiger partial charge in [0.15, 0.2) is 17.7 Å². The summed E-state index contributed by atoms with van der Waals surface area (Å²) in [6, 6.07) is 9.41. The van der Waals surface area contributed by atoms with Crippen LogP contribution in [0.2, 0.25) is 0 Å². The van der Waals surface area contributed by atoms with Crippen LogP contribution in [-0.4, -0.2) is 121 Å². The number of rotatable bonds is 11. The summed E-state index contributed by atoms with van der Waals surface area (Å²) in [6.45, 7) is 16.2. The molecule has 13 heteroatoms. The maximum absolute atomic E-state index is 14.4. The molecule has 1 unspecified atom stereocenters. The molecule has 3 aliphatic heterocycles. The molecule has 3 fully saturated rings. The first-order chi connectivity index (χ1) is 27.9. The predicted molar refractivity (Wildman–Crippen MR) is 227 cm³/mol. The Hall–Kier alpha value is -3.72. The molecule has 3 saturated heterocycles. The topological polar surface area (TPSA) is 158 Å². The third-order valence-corrected chi connectivity index (χ3v) is 13.0. The normalized spacial score (nSPS) is 37.0. The molecule has 1 aromatic heterocycles. The quantitative estimate of drug-likeness (QED) is 0.104. The van der Waals surface area contributed by atoms with Crippen LogP contribution in [0.1, 0.15) is 86.6 Å². The van der Waals surface area contributed by atoms with Crippen molar-refractivity contribution in [1.29, 1.82) is 0 Å². The Balaban J connectivity index is 1.46. The summed E-state index contributed by atoms with van der Waals surface area (Å²) in [4.78, 5) is 47.7. The molecule has 3 N–H and O–H groups in total. The minimum atomic E-state index is -1.22. The van der Waals surface area contributed by atoms with Crippen LogP contribution in [0.3, 0.4) is 0 Å². The number of benzene rings is 1. The van der Waals surface area contributed by atoms with Gasteiger partial charge in [0.1, 0.15) is 18.1 Å². The first-order valence-electron chi connectivity index (χ1n) is 21.3. The van der Waals surface area contributed by atoms with Crippen LogP contribution in [-0.2, 0) is 33.3 Å². The minimum Gasteiger partial charge on any atom is -0.458 e. The van der Waals surface area contributed by atoms with Gasteiger partial charge in [-0.2, -0.15) is 0 Å². The second-order valence-corrected chi connectivity index (χ2v) is 17.5. The lowest BCUT2D eigenvalue weighted by Crippen LogP contribution is -2.59. The van der Waals surface area contributed by atoms with Crippen molar-refractivity contribution in [2.75, 3.05) is 34.3 Å². The molecule has 1 amide bonds. The Labute approximate surface area is 350 Å². The fourth-order valence-electron chi connectivity index (χ4n) is 9.51. The summed E-state index contributed by atoms with van der Waals surface area (Å²) in [5, 5.41) is 19.2. The van der Waals surface area contributed by atoms with Crippen LogP contribution in [0.5, 0.6) is 0 Å². The predicted octanol–water partition coefficient (Wildman–Crippen LogP) is 6.08. The number of amides is 1. The lowest BCUT2D eigenvalue weighted by molar-refractivity contribution is -0.295. The SMILES string of the molecule is CC[C@H]1OC(=O)[C@H](C)C(=O)[C@H](C)[C@@H](OC2O[C@H](C)C[C@H](N(C)C)[C@H]2O)[C@](C)(OC)C[C@@H](C)/C(=C\CNCC/C=C/c2ccc3ncccc3c2)[C@H](C)[C@@H]2NC(=O)O[C@]12C. The zero-order valence-electron chi connectivity index (χ0n) is 36.9. The lowest BCUT2D eigenvalue weighted by atomic mass is 9.71. The Morgan fingerprint density at radius 2 is 1.83 bits per heavy atom. The van der Waals surface area contributed by atoms with Gasteiger partial charge in [0.25, 0.3) is 0 Å². The van der Waals surface area contributed by atoms with Gasteiger partial charge >= 0.3 is 12.1 Å². The van der Waals surface area contributed by atoms with E-state index in [1.165, 1.54) is 6.92 Å². The second-order valence-electron chi connectivity index (χ2n) is 17.5. The zero-order chi connectivity index (χ0) is 43.2. The number of hydrogen-bond acceptors (Lipinski definition) is 12. The third-order valence-electron chi connectivity index (χ3n) is 13.0. The van der Waals surface area contributed by atoms with E-state index in [2.05, 4.69) is 65.9 Å². The van der Waals surface area contributed by atoms with E-state index in [4.69, 9.17) is 23.7 Å². The molecular weight excluding hydrogens is 753 g/mol. The van der Waals surface area contributed by atoms with Crippen molar-refractivity contribution in [3.05, 3.63) is 59.8 Å². The van der Waals surface area contributed by atoms with Crippen LogP contribution >= 0.6 is 0 Å². The summed E-state index contributed by atoms with van der Waals surface area (Å²) < 4.78 is 31.4. The molecule has 13 nitrogen and oxygen atoms in total. The van der Waals surface area contributed by atoms with Gasteiger partial charge in [0, 0.05) is 43.1 Å². The maximum atomic E-state index is 14.4. The van der Waals surface area contributed by atoms with Gasteiger partial charge in [0.2, 0.25) is 0 Å². The van der Waals surface area contributed by atoms with E-state index in [9.17, 15) is 19.5 Å². The molecule has 59 heavy (non-hydrogen) atoms. The maximum Gasteiger partial charge on any atom is 0.408 e. The number of aromatic nitrogens is 1. The number of ether oxygens (including phenoxy) is 5. The van der Waals surface area contributed by atoms with Gasteiger partial charge < -0.3 is 44.3 Å². The number of esters is 1. The minimum absolute atomic E-state index is 0.164. The molecule has 13 atom stereocenters. The number of likely N-dealkylation sites (N-methyl/N-ethyl adjacent to an activating group) is 1. The van der Waals surface area contributed by atoms with Crippen molar-refractivity contribution in [1.82, 2.24) is 20.5 Å². The molecule has 0 spiro atoms. The van der Waals surface area contributed by atoms with Crippen LogP contribution in [0, 0.1) is 23.7 Å². The van der Waals surface area contributed by atoms with Crippen molar-refractivity contribution in [3.8, 4) is 0 Å². The molecule has 1 aromatic carbocycles. The first kappa shape index (κ1) is 46.3. The Bertz CT molecular complexity index is 1840. The molecule has 0 radical (unpaired) electrons. The number of pyridine rings is 1. The van der Waals surface area contributed by atoms with E-state index in [0.717, 1.165) is 35.0 Å². The van der Waals surface area contributed by atoms with Crippen molar-refractivity contribution >= 4 is 34.8 Å². The van der Waals surface area contributed by atoms with Crippen LogP contribution in [0.15, 0.2) is 54.3 Å². The number of carbonyl (C=O) groups excluding carboxylic acids is 3. The number of methoxy groups -OCH3 is 1. The molecule has 0 bridgehead atoms. The highest BCUT2D eigenvalue weighted by atomic mass is 16.7. The van der Waals surface area contributed by atoms with Crippen molar-refractivity contribution in [2.45, 2.75) is 135 Å². The van der Waals surface area contributed by atoms with Gasteiger partial charge in [-0.3, -0.25) is 14.6 Å². The molecule has 326 valence electrons. The van der Waals surface area contributed by atoms with E-state index in [1.54, 1.807) is 27.2 Å². The largest absolute Gasteiger partial charge is 0.458 e. The number of aliphatic hydroxyl groups excluding tert-OH is 1. The fraction of sp³-hybridized carbons (Fsp3) is 0.652. The van der Waals surface area contributed by atoms with E-state index in [1.807, 2.05) is 51.9 Å². The van der Waals surface area contributed by atoms with Gasteiger partial charge in [-0.25, -0.2) is 4.79 Å². The number of nitrogens with zero attached hydrogens (tertiary/aromatic N) is 2. The summed E-state index contributed by atoms with van der Waals surface area (Å²) in [7, 11) is 5.40. The molecular formula is C46H68N4O9. The molecule has 2 aromatic rings. The lowest BCUT2D eigenvalue weighted by Gasteiger charge is -2.47. The number of ketones is 1. The molecule has 0 saturated carbocycles. The van der Waals surface area contributed by atoms with Gasteiger partial charge in [-0.05, 0) is 104 Å². The van der Waals surface area contributed by atoms with Crippen molar-refractivity contribution in [2.24, 2.45) is 23.7 Å². The number of alkyl carbamates (subject to hydrolysis) is 1. The van der Waals surface area contributed by atoms with E-state index in [-0.39, 0.29) is 24.0 Å². The summed E-state index contributed by atoms with van der Waals surface area (Å²) in [5.41, 5.74) is 0.773. The summed E-state index contributed by atoms with van der Waals surface area (Å²) >= 11 is 0. The number of cyclic esters (lactones) is 1. The zero-order valence-corrected chi connectivity index (χ0v) is 36.9. The average molecular weight is 821 g/mol. The molecule has 5 rings (SSSR count). The number of nitrogens with one attached hydrogen (secondary N) is 2. The number of Topliss-reactive ketones (excluding diaryl/α,β-unsaturated/α-hetero) is 1. The number of fused-ring (bicyclic) bond motifs is 2. The summed E-state index contributed by atoms with van der Waals surface area (Å²) in [6.07, 6.45) is 5.74. The number of hydrogen-bond donors (Lipinski definition) is 3. The monoisotopic (exact) mass is 820 g/mol. The Morgan fingerprint density at radius 1 is 1.08 bits per heavy atom. The van der Waals surface area contributed by atoms with E-state index < -0.39 is 71.5 Å². The Kier molecular flexibility index (Phi) is 15.5. The average Bonchev–Trinajstić information content (AvgIpc) is 3.53. The number of carbonyl (C=O) groups is 3. The van der Waals surface area contributed by atoms with Crippen LogP contribution < -0.4 is 10.6 Å². The molecule has 0 aliphatic carbocycles. The fourth-order valence-corrected chi connectivity index (χ4v) is 9.51. The first-order valence-corrected chi connectivity index (χ1v) is 21.3.